The van der Waals surface area contributed by atoms with E-state index >= 15 is 0 Å². The summed E-state index contributed by atoms with van der Waals surface area (Å²) in [7, 11) is 0. The molecule has 0 N–H and O–H groups in total. The lowest BCUT2D eigenvalue weighted by Crippen LogP contribution is -2.17. The molecule has 0 atom stereocenters. The number of benzene rings is 2. The normalized spacial score (nSPS) is 11.5. The van der Waals surface area contributed by atoms with Crippen LogP contribution >= 0.6 is 0 Å². The molecule has 0 aliphatic carbocycles. The van der Waals surface area contributed by atoms with Crippen molar-refractivity contribution < 1.29 is 26.7 Å². The second kappa shape index (κ2) is 5.11. The van der Waals surface area contributed by atoms with Gasteiger partial charge >= 0.3 is 6.36 Å². The largest absolute Gasteiger partial charge is 0.573 e. The Kier molecular flexibility index (Phi) is 3.65. The summed E-state index contributed by atoms with van der Waals surface area (Å²) >= 11 is 0. The van der Waals surface area contributed by atoms with E-state index in [2.05, 4.69) is 4.74 Å². The maximum atomic E-state index is 13.6. The predicted molar refractivity (Wildman–Crippen MR) is 63.2 cm³/mol. The van der Waals surface area contributed by atoms with Crippen LogP contribution in [0.5, 0.6) is 5.75 Å². The SMILES string of the molecule is Cc1cc(-c2ccc(F)cc2F)ccc1OC(F)(F)F. The van der Waals surface area contributed by atoms with E-state index in [-0.39, 0.29) is 16.9 Å². The molecule has 6 heteroatoms. The van der Waals surface area contributed by atoms with Gasteiger partial charge < -0.3 is 4.74 Å². The standard InChI is InChI=1S/C14H9F5O/c1-8-6-9(2-5-13(8)20-14(17,18)19)11-4-3-10(15)7-12(11)16/h2-7H,1H3. The predicted octanol–water partition coefficient (Wildman–Crippen LogP) is 4.84. The molecule has 0 bridgehead atoms. The molecule has 2 aromatic rings. The summed E-state index contributed by atoms with van der Waals surface area (Å²) in [5.41, 5.74) is 0.645. The van der Waals surface area contributed by atoms with E-state index in [1.165, 1.54) is 25.1 Å². The fraction of sp³-hybridized carbons (Fsp3) is 0.143. The zero-order valence-electron chi connectivity index (χ0n) is 10.3. The van der Waals surface area contributed by atoms with Crippen molar-refractivity contribution >= 4 is 0 Å². The van der Waals surface area contributed by atoms with Crippen LogP contribution in [0.25, 0.3) is 11.1 Å². The lowest BCUT2D eigenvalue weighted by Gasteiger charge is -2.12. The van der Waals surface area contributed by atoms with Crippen molar-refractivity contribution in [3.05, 3.63) is 53.6 Å². The molecule has 0 unspecified atom stereocenters. The van der Waals surface area contributed by atoms with E-state index in [1.54, 1.807) is 0 Å². The fourth-order valence-electron chi connectivity index (χ4n) is 1.78. The first-order valence-electron chi connectivity index (χ1n) is 5.58. The number of rotatable bonds is 2. The van der Waals surface area contributed by atoms with Crippen molar-refractivity contribution in [3.63, 3.8) is 0 Å². The third-order valence-electron chi connectivity index (χ3n) is 2.64. The molecule has 0 aliphatic rings. The van der Waals surface area contributed by atoms with E-state index in [1.807, 2.05) is 0 Å². The first-order valence-corrected chi connectivity index (χ1v) is 5.58. The van der Waals surface area contributed by atoms with Gasteiger partial charge in [-0.3, -0.25) is 0 Å². The molecule has 1 nitrogen and oxygen atoms in total. The molecular weight excluding hydrogens is 279 g/mol. The first-order chi connectivity index (χ1) is 9.26. The van der Waals surface area contributed by atoms with Gasteiger partial charge in [0.25, 0.3) is 0 Å². The minimum atomic E-state index is -4.78. The van der Waals surface area contributed by atoms with Gasteiger partial charge in [-0.05, 0) is 42.3 Å². The van der Waals surface area contributed by atoms with Gasteiger partial charge in [0.2, 0.25) is 0 Å². The average Bonchev–Trinajstić information content (AvgIpc) is 2.30. The van der Waals surface area contributed by atoms with Crippen molar-refractivity contribution in [2.45, 2.75) is 13.3 Å². The summed E-state index contributed by atoms with van der Waals surface area (Å²) in [5, 5.41) is 0. The summed E-state index contributed by atoms with van der Waals surface area (Å²) in [4.78, 5) is 0. The molecule has 0 fully saturated rings. The van der Waals surface area contributed by atoms with Gasteiger partial charge in [-0.25, -0.2) is 8.78 Å². The van der Waals surface area contributed by atoms with Crippen LogP contribution in [0.3, 0.4) is 0 Å². The van der Waals surface area contributed by atoms with Crippen LogP contribution in [-0.4, -0.2) is 6.36 Å². The molecule has 20 heavy (non-hydrogen) atoms. The van der Waals surface area contributed by atoms with E-state index in [0.717, 1.165) is 12.1 Å². The summed E-state index contributed by atoms with van der Waals surface area (Å²) < 4.78 is 66.6. The fourth-order valence-corrected chi connectivity index (χ4v) is 1.78. The van der Waals surface area contributed by atoms with Gasteiger partial charge in [0.05, 0.1) is 0 Å². The lowest BCUT2D eigenvalue weighted by molar-refractivity contribution is -0.274. The number of halogens is 5. The number of ether oxygens (including phenoxy) is 1. The van der Waals surface area contributed by atoms with Gasteiger partial charge in [0.15, 0.2) is 0 Å². The third-order valence-corrected chi connectivity index (χ3v) is 2.64. The van der Waals surface area contributed by atoms with Gasteiger partial charge in [-0.2, -0.15) is 0 Å². The van der Waals surface area contributed by atoms with Crippen LogP contribution in [0.15, 0.2) is 36.4 Å². The summed E-state index contributed by atoms with van der Waals surface area (Å²) in [6, 6.07) is 6.74. The maximum absolute atomic E-state index is 13.6. The van der Waals surface area contributed by atoms with Crippen molar-refractivity contribution in [1.29, 1.82) is 0 Å². The van der Waals surface area contributed by atoms with E-state index in [0.29, 0.717) is 11.6 Å². The molecule has 2 rings (SSSR count). The Bertz CT molecular complexity index is 634. The van der Waals surface area contributed by atoms with Crippen molar-refractivity contribution in [2.75, 3.05) is 0 Å². The minimum Gasteiger partial charge on any atom is -0.406 e. The Morgan fingerprint density at radius 2 is 1.65 bits per heavy atom. The van der Waals surface area contributed by atoms with Crippen LogP contribution in [0.2, 0.25) is 0 Å². The van der Waals surface area contributed by atoms with Crippen LogP contribution < -0.4 is 4.74 Å². The molecule has 0 heterocycles. The summed E-state index contributed by atoms with van der Waals surface area (Å²) in [5.74, 6) is -1.86. The Morgan fingerprint density at radius 1 is 0.950 bits per heavy atom. The Hall–Kier alpha value is -2.11. The summed E-state index contributed by atoms with van der Waals surface area (Å²) in [6.07, 6.45) is -4.78. The first kappa shape index (κ1) is 14.3. The number of hydrogen-bond donors (Lipinski definition) is 0. The second-order valence-corrected chi connectivity index (χ2v) is 4.15. The second-order valence-electron chi connectivity index (χ2n) is 4.15. The van der Waals surface area contributed by atoms with Crippen LogP contribution in [0.4, 0.5) is 22.0 Å². The van der Waals surface area contributed by atoms with Gasteiger partial charge in [-0.15, -0.1) is 13.2 Å². The molecule has 0 amide bonds. The molecule has 2 aromatic carbocycles. The molecule has 0 aliphatic heterocycles. The van der Waals surface area contributed by atoms with Crippen LogP contribution in [-0.2, 0) is 0 Å². The van der Waals surface area contributed by atoms with E-state index in [9.17, 15) is 22.0 Å². The highest BCUT2D eigenvalue weighted by atomic mass is 19.4. The average molecular weight is 288 g/mol. The lowest BCUT2D eigenvalue weighted by atomic mass is 10.0. The third kappa shape index (κ3) is 3.26. The maximum Gasteiger partial charge on any atom is 0.573 e. The van der Waals surface area contributed by atoms with Gasteiger partial charge in [-0.1, -0.05) is 6.07 Å². The topological polar surface area (TPSA) is 9.23 Å². The van der Waals surface area contributed by atoms with Crippen LogP contribution in [0, 0.1) is 18.6 Å². The number of alkyl halides is 3. The van der Waals surface area contributed by atoms with Crippen molar-refractivity contribution in [1.82, 2.24) is 0 Å². The Balaban J connectivity index is 2.38. The molecule has 0 saturated heterocycles. The Morgan fingerprint density at radius 3 is 2.20 bits per heavy atom. The smallest absolute Gasteiger partial charge is 0.406 e. The Labute approximate surface area is 111 Å². The molecular formula is C14H9F5O. The van der Waals surface area contributed by atoms with E-state index < -0.39 is 18.0 Å². The van der Waals surface area contributed by atoms with Crippen molar-refractivity contribution in [2.24, 2.45) is 0 Å². The van der Waals surface area contributed by atoms with Crippen molar-refractivity contribution in [3.8, 4) is 16.9 Å². The highest BCUT2D eigenvalue weighted by Gasteiger charge is 2.31. The van der Waals surface area contributed by atoms with Crippen LogP contribution in [0.1, 0.15) is 5.56 Å². The zero-order chi connectivity index (χ0) is 14.9. The number of aryl methyl sites for hydroxylation is 1. The highest BCUT2D eigenvalue weighted by molar-refractivity contribution is 5.66. The molecule has 0 spiro atoms. The highest BCUT2D eigenvalue weighted by Crippen LogP contribution is 2.31. The van der Waals surface area contributed by atoms with E-state index in [4.69, 9.17) is 0 Å². The monoisotopic (exact) mass is 288 g/mol. The number of hydrogen-bond acceptors (Lipinski definition) is 1. The molecule has 0 aromatic heterocycles. The van der Waals surface area contributed by atoms with Gasteiger partial charge in [0.1, 0.15) is 17.4 Å². The molecule has 106 valence electrons. The van der Waals surface area contributed by atoms with Gasteiger partial charge in [0, 0.05) is 11.6 Å². The molecule has 0 saturated carbocycles. The molecule has 0 radical (unpaired) electrons. The quantitative estimate of drug-likeness (QED) is 0.718. The summed E-state index contributed by atoms with van der Waals surface area (Å²) in [6.45, 7) is 1.41. The minimum absolute atomic E-state index is 0.105. The zero-order valence-corrected chi connectivity index (χ0v) is 10.3.